The summed E-state index contributed by atoms with van der Waals surface area (Å²) in [5.74, 6) is 0. The van der Waals surface area contributed by atoms with Gasteiger partial charge in [0.25, 0.3) is 0 Å². The van der Waals surface area contributed by atoms with Gasteiger partial charge in [-0.2, -0.15) is 0 Å². The molecule has 2 aromatic carbocycles. The second-order valence-corrected chi connectivity index (χ2v) is 7.17. The maximum Gasteiger partial charge on any atom is 0.319 e. The molecule has 0 spiro atoms. The van der Waals surface area contributed by atoms with Gasteiger partial charge >= 0.3 is 6.03 Å². The smallest absolute Gasteiger partial charge is 0.319 e. The van der Waals surface area contributed by atoms with Crippen molar-refractivity contribution in [2.75, 3.05) is 5.32 Å². The molecule has 0 atom stereocenters. The molecular formula is C19H18ClN3OS. The highest BCUT2D eigenvalue weighted by Crippen LogP contribution is 2.32. The first-order valence-corrected chi connectivity index (χ1v) is 9.05. The Morgan fingerprint density at radius 1 is 1.12 bits per heavy atom. The summed E-state index contributed by atoms with van der Waals surface area (Å²) in [6.07, 6.45) is 0. The summed E-state index contributed by atoms with van der Waals surface area (Å²) in [6, 6.07) is 15.1. The molecule has 2 N–H and O–H groups in total. The number of carbonyl (C=O) groups is 1. The van der Waals surface area contributed by atoms with Crippen LogP contribution in [0.2, 0.25) is 5.02 Å². The molecule has 2 amide bonds. The van der Waals surface area contributed by atoms with Crippen LogP contribution in [0.25, 0.3) is 10.6 Å². The number of aryl methyl sites for hydroxylation is 2. The molecule has 0 saturated heterocycles. The summed E-state index contributed by atoms with van der Waals surface area (Å²) >= 11 is 7.78. The third-order valence-electron chi connectivity index (χ3n) is 3.72. The highest BCUT2D eigenvalue weighted by atomic mass is 35.5. The van der Waals surface area contributed by atoms with E-state index in [2.05, 4.69) is 15.6 Å². The molecule has 0 saturated carbocycles. The zero-order chi connectivity index (χ0) is 17.8. The molecule has 0 aliphatic heterocycles. The van der Waals surface area contributed by atoms with Crippen LogP contribution in [-0.4, -0.2) is 11.0 Å². The van der Waals surface area contributed by atoms with Crippen LogP contribution in [0.4, 0.5) is 10.5 Å². The largest absolute Gasteiger partial charge is 0.333 e. The van der Waals surface area contributed by atoms with Crippen molar-refractivity contribution in [2.24, 2.45) is 0 Å². The summed E-state index contributed by atoms with van der Waals surface area (Å²) in [4.78, 5) is 17.6. The van der Waals surface area contributed by atoms with Gasteiger partial charge in [0.2, 0.25) is 0 Å². The van der Waals surface area contributed by atoms with Crippen LogP contribution in [0.3, 0.4) is 0 Å². The van der Waals surface area contributed by atoms with E-state index in [-0.39, 0.29) is 6.03 Å². The van der Waals surface area contributed by atoms with E-state index in [4.69, 9.17) is 11.6 Å². The lowest BCUT2D eigenvalue weighted by atomic mass is 10.2. The maximum atomic E-state index is 12.1. The summed E-state index contributed by atoms with van der Waals surface area (Å²) < 4.78 is 0. The third kappa shape index (κ3) is 4.38. The van der Waals surface area contributed by atoms with Crippen LogP contribution in [0.15, 0.2) is 48.5 Å². The topological polar surface area (TPSA) is 54.0 Å². The lowest BCUT2D eigenvalue weighted by Crippen LogP contribution is -2.28. The lowest BCUT2D eigenvalue weighted by molar-refractivity contribution is 0.252. The van der Waals surface area contributed by atoms with Gasteiger partial charge in [0, 0.05) is 16.1 Å². The second-order valence-electron chi connectivity index (χ2n) is 5.68. The zero-order valence-corrected chi connectivity index (χ0v) is 15.5. The Hall–Kier alpha value is -2.37. The monoisotopic (exact) mass is 371 g/mol. The molecule has 3 rings (SSSR count). The van der Waals surface area contributed by atoms with Crippen molar-refractivity contribution in [1.29, 1.82) is 0 Å². The van der Waals surface area contributed by atoms with E-state index in [0.717, 1.165) is 32.4 Å². The first-order valence-electron chi connectivity index (χ1n) is 7.85. The number of nitrogens with one attached hydrogen (secondary N) is 2. The van der Waals surface area contributed by atoms with Gasteiger partial charge in [-0.3, -0.25) is 0 Å². The molecule has 0 aliphatic rings. The number of urea groups is 1. The molecule has 3 aromatic rings. The molecule has 0 aliphatic carbocycles. The van der Waals surface area contributed by atoms with Crippen molar-refractivity contribution < 1.29 is 4.79 Å². The fraction of sp³-hybridized carbons (Fsp3) is 0.158. The predicted octanol–water partition coefficient (Wildman–Crippen LogP) is 5.40. The highest BCUT2D eigenvalue weighted by Gasteiger charge is 2.12. The number of anilines is 1. The van der Waals surface area contributed by atoms with E-state index in [1.165, 1.54) is 11.3 Å². The van der Waals surface area contributed by atoms with Crippen LogP contribution in [0.1, 0.15) is 16.1 Å². The predicted molar refractivity (Wildman–Crippen MR) is 104 cm³/mol. The number of thiazole rings is 1. The lowest BCUT2D eigenvalue weighted by Gasteiger charge is -2.07. The fourth-order valence-corrected chi connectivity index (χ4v) is 3.64. The van der Waals surface area contributed by atoms with Gasteiger partial charge in [0.05, 0.1) is 17.3 Å². The minimum absolute atomic E-state index is 0.240. The number of benzene rings is 2. The normalized spacial score (nSPS) is 10.5. The molecule has 6 heteroatoms. The van der Waals surface area contributed by atoms with Crippen LogP contribution in [0, 0.1) is 13.8 Å². The first-order chi connectivity index (χ1) is 12.0. The minimum atomic E-state index is -0.240. The number of nitrogens with zero attached hydrogens (tertiary/aromatic N) is 1. The number of carbonyl (C=O) groups excluding carboxylic acids is 1. The number of aromatic nitrogens is 1. The standard InChI is InChI=1S/C19H18ClN3OS/c1-12-7-9-14(10-8-12)23-19(24)21-11-17-13(2)22-18(25-17)15-5-3-4-6-16(15)20/h3-10H,11H2,1-2H3,(H2,21,23,24). The summed E-state index contributed by atoms with van der Waals surface area (Å²) in [7, 11) is 0. The van der Waals surface area contributed by atoms with Gasteiger partial charge in [-0.1, -0.05) is 47.5 Å². The average Bonchev–Trinajstić information content (AvgIpc) is 2.96. The van der Waals surface area contributed by atoms with Gasteiger partial charge in [-0.25, -0.2) is 9.78 Å². The van der Waals surface area contributed by atoms with Crippen LogP contribution in [-0.2, 0) is 6.54 Å². The third-order valence-corrected chi connectivity index (χ3v) is 5.24. The summed E-state index contributed by atoms with van der Waals surface area (Å²) in [5.41, 5.74) is 3.72. The van der Waals surface area contributed by atoms with E-state index < -0.39 is 0 Å². The molecule has 1 aromatic heterocycles. The Labute approximate surface area is 155 Å². The average molecular weight is 372 g/mol. The number of halogens is 1. The Balaban J connectivity index is 1.64. The van der Waals surface area contributed by atoms with Crippen LogP contribution in [0.5, 0.6) is 0 Å². The summed E-state index contributed by atoms with van der Waals surface area (Å²) in [5, 5.41) is 7.22. The van der Waals surface area contributed by atoms with Crippen LogP contribution < -0.4 is 10.6 Å². The molecule has 0 radical (unpaired) electrons. The minimum Gasteiger partial charge on any atom is -0.333 e. The first kappa shape index (κ1) is 17.5. The second kappa shape index (κ2) is 7.68. The molecule has 0 unspecified atom stereocenters. The van der Waals surface area contributed by atoms with E-state index in [0.29, 0.717) is 11.6 Å². The number of amides is 2. The Bertz CT molecular complexity index is 890. The SMILES string of the molecule is Cc1ccc(NC(=O)NCc2sc(-c3ccccc3Cl)nc2C)cc1. The van der Waals surface area contributed by atoms with Gasteiger partial charge in [0.1, 0.15) is 5.01 Å². The van der Waals surface area contributed by atoms with Gasteiger partial charge < -0.3 is 10.6 Å². The highest BCUT2D eigenvalue weighted by molar-refractivity contribution is 7.15. The Morgan fingerprint density at radius 3 is 2.56 bits per heavy atom. The molecular weight excluding hydrogens is 354 g/mol. The van der Waals surface area contributed by atoms with Crippen molar-refractivity contribution in [3.63, 3.8) is 0 Å². The quantitative estimate of drug-likeness (QED) is 0.644. The molecule has 1 heterocycles. The Morgan fingerprint density at radius 2 is 1.84 bits per heavy atom. The number of hydrogen-bond donors (Lipinski definition) is 2. The molecule has 25 heavy (non-hydrogen) atoms. The molecule has 0 bridgehead atoms. The molecule has 0 fully saturated rings. The van der Waals surface area contributed by atoms with Crippen molar-refractivity contribution in [3.8, 4) is 10.6 Å². The Kier molecular flexibility index (Phi) is 5.36. The summed E-state index contributed by atoms with van der Waals surface area (Å²) in [6.45, 7) is 4.37. The van der Waals surface area contributed by atoms with Crippen LogP contribution >= 0.6 is 22.9 Å². The number of hydrogen-bond acceptors (Lipinski definition) is 3. The van der Waals surface area contributed by atoms with Crippen molar-refractivity contribution >= 4 is 34.7 Å². The molecule has 4 nitrogen and oxygen atoms in total. The van der Waals surface area contributed by atoms with Crippen molar-refractivity contribution in [2.45, 2.75) is 20.4 Å². The van der Waals surface area contributed by atoms with E-state index in [9.17, 15) is 4.79 Å². The fourth-order valence-electron chi connectivity index (χ4n) is 2.31. The van der Waals surface area contributed by atoms with Crippen molar-refractivity contribution in [3.05, 3.63) is 69.7 Å². The van der Waals surface area contributed by atoms with E-state index in [1.54, 1.807) is 0 Å². The van der Waals surface area contributed by atoms with Crippen molar-refractivity contribution in [1.82, 2.24) is 10.3 Å². The van der Waals surface area contributed by atoms with Gasteiger partial charge in [0.15, 0.2) is 0 Å². The van der Waals surface area contributed by atoms with Gasteiger partial charge in [-0.15, -0.1) is 11.3 Å². The maximum absolute atomic E-state index is 12.1. The van der Waals surface area contributed by atoms with E-state index >= 15 is 0 Å². The zero-order valence-electron chi connectivity index (χ0n) is 14.0. The number of rotatable bonds is 4. The van der Waals surface area contributed by atoms with Gasteiger partial charge in [-0.05, 0) is 32.0 Å². The van der Waals surface area contributed by atoms with E-state index in [1.807, 2.05) is 62.4 Å². The molecule has 128 valence electrons.